The Morgan fingerprint density at radius 2 is 1.81 bits per heavy atom. The van der Waals surface area contributed by atoms with Crippen molar-refractivity contribution >= 4 is 11.6 Å². The maximum atomic E-state index is 10.1. The Labute approximate surface area is 162 Å². The lowest BCUT2D eigenvalue weighted by molar-refractivity contribution is 0.228. The highest BCUT2D eigenvalue weighted by Gasteiger charge is 2.22. The molecular weight excluding hydrogens is 360 g/mol. The summed E-state index contributed by atoms with van der Waals surface area (Å²) in [5.74, 6) is 0.723. The minimum Gasteiger partial charge on any atom is -0.394 e. The van der Waals surface area contributed by atoms with E-state index in [0.29, 0.717) is 11.4 Å². The Morgan fingerprint density at radius 1 is 1.04 bits per heavy atom. The number of aromatic amines is 1. The van der Waals surface area contributed by atoms with Crippen molar-refractivity contribution in [3.05, 3.63) is 83.9 Å². The van der Waals surface area contributed by atoms with Gasteiger partial charge in [0.2, 0.25) is 0 Å². The number of aliphatic hydroxyl groups excluding tert-OH is 1. The number of aliphatic hydroxyl groups is 1. The third-order valence-corrected chi connectivity index (χ3v) is 4.80. The largest absolute Gasteiger partial charge is 0.394 e. The van der Waals surface area contributed by atoms with E-state index >= 15 is 0 Å². The first-order chi connectivity index (χ1) is 13.3. The number of hydrogen-bond donors (Lipinski definition) is 2. The number of H-pyrrole nitrogens is 1. The minimum atomic E-state index is -0.170. The second-order valence-electron chi connectivity index (χ2n) is 6.32. The Hall–Kier alpha value is -2.89. The molecule has 0 amide bonds. The first-order valence-corrected chi connectivity index (χ1v) is 9.11. The monoisotopic (exact) mass is 378 g/mol. The van der Waals surface area contributed by atoms with Crippen molar-refractivity contribution in [3.8, 4) is 22.8 Å². The third kappa shape index (κ3) is 3.65. The highest BCUT2D eigenvalue weighted by Crippen LogP contribution is 2.32. The molecule has 0 aliphatic carbocycles. The van der Waals surface area contributed by atoms with Crippen LogP contribution in [0.1, 0.15) is 11.6 Å². The molecule has 6 heteroatoms. The van der Waals surface area contributed by atoms with Crippen LogP contribution in [0.15, 0.2) is 73.3 Å². The lowest BCUT2D eigenvalue weighted by Gasteiger charge is -2.19. The van der Waals surface area contributed by atoms with Gasteiger partial charge in [-0.05, 0) is 24.1 Å². The van der Waals surface area contributed by atoms with Gasteiger partial charge in [-0.2, -0.15) is 0 Å². The fraction of sp³-hybridized carbons (Fsp3) is 0.143. The second kappa shape index (κ2) is 7.78. The molecule has 2 N–H and O–H groups in total. The van der Waals surface area contributed by atoms with Crippen molar-refractivity contribution in [3.63, 3.8) is 0 Å². The van der Waals surface area contributed by atoms with Crippen molar-refractivity contribution in [2.45, 2.75) is 12.5 Å². The molecule has 0 unspecified atom stereocenters. The zero-order valence-electron chi connectivity index (χ0n) is 14.6. The summed E-state index contributed by atoms with van der Waals surface area (Å²) in [7, 11) is 0. The number of halogens is 1. The molecule has 0 aliphatic rings. The van der Waals surface area contributed by atoms with Crippen LogP contribution in [0.25, 0.3) is 22.8 Å². The molecule has 0 spiro atoms. The van der Waals surface area contributed by atoms with Crippen LogP contribution >= 0.6 is 11.6 Å². The maximum absolute atomic E-state index is 10.1. The molecule has 4 aromatic rings. The number of hydrogen-bond acceptors (Lipinski definition) is 3. The summed E-state index contributed by atoms with van der Waals surface area (Å²) in [5, 5.41) is 10.8. The summed E-state index contributed by atoms with van der Waals surface area (Å²) in [5.41, 5.74) is 3.80. The average Bonchev–Trinajstić information content (AvgIpc) is 3.38. The van der Waals surface area contributed by atoms with Crippen LogP contribution in [0.4, 0.5) is 0 Å². The van der Waals surface area contributed by atoms with Crippen molar-refractivity contribution < 1.29 is 5.11 Å². The van der Waals surface area contributed by atoms with Crippen LogP contribution < -0.4 is 0 Å². The summed E-state index contributed by atoms with van der Waals surface area (Å²) < 4.78 is 2.00. The molecule has 0 saturated heterocycles. The molecule has 4 rings (SSSR count). The van der Waals surface area contributed by atoms with Gasteiger partial charge in [0.15, 0.2) is 5.82 Å². The van der Waals surface area contributed by atoms with E-state index in [1.54, 1.807) is 18.7 Å². The molecule has 5 nitrogen and oxygen atoms in total. The number of nitrogens with zero attached hydrogens (tertiary/aromatic N) is 3. The molecule has 0 aliphatic heterocycles. The van der Waals surface area contributed by atoms with Crippen molar-refractivity contribution in [2.24, 2.45) is 0 Å². The van der Waals surface area contributed by atoms with Gasteiger partial charge in [-0.1, -0.05) is 54.1 Å². The summed E-state index contributed by atoms with van der Waals surface area (Å²) in [6, 6.07) is 17.5. The van der Waals surface area contributed by atoms with Gasteiger partial charge in [0, 0.05) is 23.0 Å². The predicted octanol–water partition coefficient (Wildman–Crippen LogP) is 4.37. The Morgan fingerprint density at radius 3 is 2.48 bits per heavy atom. The van der Waals surface area contributed by atoms with Crippen LogP contribution in [0.5, 0.6) is 0 Å². The molecule has 0 fully saturated rings. The molecule has 0 bridgehead atoms. The Bertz CT molecular complexity index is 995. The van der Waals surface area contributed by atoms with Crippen LogP contribution in [0.2, 0.25) is 5.02 Å². The highest BCUT2D eigenvalue weighted by molar-refractivity contribution is 6.30. The van der Waals surface area contributed by atoms with Gasteiger partial charge in [0.05, 0.1) is 24.7 Å². The molecule has 136 valence electrons. The van der Waals surface area contributed by atoms with E-state index in [0.717, 1.165) is 28.3 Å². The molecule has 0 saturated carbocycles. The van der Waals surface area contributed by atoms with Crippen molar-refractivity contribution in [1.29, 1.82) is 0 Å². The van der Waals surface area contributed by atoms with Gasteiger partial charge in [-0.15, -0.1) is 0 Å². The van der Waals surface area contributed by atoms with Gasteiger partial charge >= 0.3 is 0 Å². The smallest absolute Gasteiger partial charge is 0.156 e. The third-order valence-electron chi connectivity index (χ3n) is 4.55. The zero-order valence-corrected chi connectivity index (χ0v) is 15.3. The fourth-order valence-corrected chi connectivity index (χ4v) is 3.34. The van der Waals surface area contributed by atoms with Gasteiger partial charge in [0.25, 0.3) is 0 Å². The van der Waals surface area contributed by atoms with Gasteiger partial charge in [-0.25, -0.2) is 9.97 Å². The van der Waals surface area contributed by atoms with E-state index in [-0.39, 0.29) is 12.6 Å². The Balaban J connectivity index is 1.77. The van der Waals surface area contributed by atoms with E-state index in [2.05, 4.69) is 15.0 Å². The molecule has 2 heterocycles. The zero-order chi connectivity index (χ0) is 18.6. The summed E-state index contributed by atoms with van der Waals surface area (Å²) in [6.07, 6.45) is 5.94. The van der Waals surface area contributed by atoms with Gasteiger partial charge in [0.1, 0.15) is 5.69 Å². The highest BCUT2D eigenvalue weighted by atomic mass is 35.5. The predicted molar refractivity (Wildman–Crippen MR) is 107 cm³/mol. The molecule has 2 aromatic carbocycles. The number of imidazole rings is 2. The van der Waals surface area contributed by atoms with E-state index in [4.69, 9.17) is 11.6 Å². The molecule has 0 radical (unpaired) electrons. The van der Waals surface area contributed by atoms with Crippen molar-refractivity contribution in [1.82, 2.24) is 19.5 Å². The number of rotatable bonds is 6. The van der Waals surface area contributed by atoms with Gasteiger partial charge < -0.3 is 14.7 Å². The number of nitrogens with one attached hydrogen (secondary N) is 1. The fourth-order valence-electron chi connectivity index (χ4n) is 3.22. The first kappa shape index (κ1) is 17.5. The summed E-state index contributed by atoms with van der Waals surface area (Å²) in [6.45, 7) is -0.0130. The maximum Gasteiger partial charge on any atom is 0.156 e. The van der Waals surface area contributed by atoms with E-state index in [1.165, 1.54) is 0 Å². The lowest BCUT2D eigenvalue weighted by atomic mass is 10.1. The topological polar surface area (TPSA) is 66.7 Å². The van der Waals surface area contributed by atoms with Gasteiger partial charge in [-0.3, -0.25) is 0 Å². The van der Waals surface area contributed by atoms with E-state index < -0.39 is 0 Å². The molecular formula is C21H19ClN4O. The first-order valence-electron chi connectivity index (χ1n) is 8.73. The quantitative estimate of drug-likeness (QED) is 0.523. The average molecular weight is 379 g/mol. The van der Waals surface area contributed by atoms with Crippen LogP contribution in [-0.4, -0.2) is 31.2 Å². The van der Waals surface area contributed by atoms with Crippen LogP contribution in [-0.2, 0) is 6.42 Å². The normalized spacial score (nSPS) is 12.2. The summed E-state index contributed by atoms with van der Waals surface area (Å²) >= 11 is 5.99. The van der Waals surface area contributed by atoms with Crippen molar-refractivity contribution in [2.75, 3.05) is 6.61 Å². The lowest BCUT2D eigenvalue weighted by Crippen LogP contribution is -2.16. The second-order valence-corrected chi connectivity index (χ2v) is 6.76. The Kier molecular flexibility index (Phi) is 5.05. The van der Waals surface area contributed by atoms with E-state index in [1.807, 2.05) is 59.2 Å². The SMILES string of the molecule is OC[C@H](Cc1ccc(Cl)cc1)n1cnc(-c2ccccc2)c1-c1ncc[nH]1. The molecule has 27 heavy (non-hydrogen) atoms. The molecule has 1 atom stereocenters. The van der Waals surface area contributed by atoms with Crippen LogP contribution in [0, 0.1) is 0 Å². The standard InChI is InChI=1S/C21H19ClN4O/c22-17-8-6-15(7-9-17)12-18(13-27)26-14-25-19(16-4-2-1-3-5-16)20(26)21-23-10-11-24-21/h1-11,14,18,27H,12-13H2,(H,23,24)/t18-/m0/s1. The van der Waals surface area contributed by atoms with Crippen LogP contribution in [0.3, 0.4) is 0 Å². The summed E-state index contributed by atoms with van der Waals surface area (Å²) in [4.78, 5) is 12.2. The number of aromatic nitrogens is 4. The van der Waals surface area contributed by atoms with E-state index in [9.17, 15) is 5.11 Å². The molecule has 2 aromatic heterocycles. The number of benzene rings is 2. The minimum absolute atomic E-state index is 0.0130.